The van der Waals surface area contributed by atoms with Crippen LogP contribution in [0.1, 0.15) is 23.4 Å². The summed E-state index contributed by atoms with van der Waals surface area (Å²) in [5, 5.41) is 5.94. The summed E-state index contributed by atoms with van der Waals surface area (Å²) in [5.74, 6) is -0.506. The van der Waals surface area contributed by atoms with Gasteiger partial charge >= 0.3 is 0 Å². The number of fused-ring (bicyclic) bond motifs is 1. The van der Waals surface area contributed by atoms with Gasteiger partial charge in [0.1, 0.15) is 5.58 Å². The van der Waals surface area contributed by atoms with Crippen LogP contribution in [0.15, 0.2) is 63.8 Å². The summed E-state index contributed by atoms with van der Waals surface area (Å²) in [5.41, 5.74) is 1.19. The van der Waals surface area contributed by atoms with Crippen molar-refractivity contribution in [3.05, 3.63) is 70.6 Å². The third-order valence-electron chi connectivity index (χ3n) is 4.19. The van der Waals surface area contributed by atoms with E-state index in [0.717, 1.165) is 12.8 Å². The molecule has 2 amide bonds. The number of amides is 2. The normalized spacial score (nSPS) is 13.4. The number of carbonyl (C=O) groups is 2. The molecule has 1 aliphatic rings. The number of hydrogen-bond acceptors (Lipinski definition) is 4. The minimum Gasteiger partial charge on any atom is -0.451 e. The molecule has 3 aromatic rings. The van der Waals surface area contributed by atoms with Crippen molar-refractivity contribution in [2.45, 2.75) is 12.8 Å². The van der Waals surface area contributed by atoms with E-state index in [1.54, 1.807) is 48.5 Å². The van der Waals surface area contributed by atoms with Gasteiger partial charge in [-0.1, -0.05) is 18.2 Å². The topological polar surface area (TPSA) is 88.4 Å². The summed E-state index contributed by atoms with van der Waals surface area (Å²) in [6.45, 7) is 0. The molecule has 0 unspecified atom stereocenters. The molecule has 26 heavy (non-hydrogen) atoms. The van der Waals surface area contributed by atoms with Crippen molar-refractivity contribution < 1.29 is 14.0 Å². The van der Waals surface area contributed by atoms with Gasteiger partial charge in [0.05, 0.1) is 5.39 Å². The summed E-state index contributed by atoms with van der Waals surface area (Å²) >= 11 is 0. The van der Waals surface area contributed by atoms with E-state index in [-0.39, 0.29) is 23.0 Å². The minimum absolute atomic E-state index is 0.00555. The Morgan fingerprint density at radius 3 is 2.42 bits per heavy atom. The van der Waals surface area contributed by atoms with Gasteiger partial charge in [-0.25, -0.2) is 0 Å². The average Bonchev–Trinajstić information content (AvgIpc) is 3.47. The van der Waals surface area contributed by atoms with Crippen molar-refractivity contribution in [2.24, 2.45) is 5.92 Å². The van der Waals surface area contributed by atoms with Gasteiger partial charge in [0.2, 0.25) is 5.91 Å². The maximum atomic E-state index is 12.4. The zero-order chi connectivity index (χ0) is 18.1. The second-order valence-corrected chi connectivity index (χ2v) is 6.27. The monoisotopic (exact) mass is 348 g/mol. The largest absolute Gasteiger partial charge is 0.451 e. The first-order chi connectivity index (χ1) is 12.6. The predicted octanol–water partition coefficient (Wildman–Crippen LogP) is 3.39. The molecule has 0 saturated heterocycles. The van der Waals surface area contributed by atoms with Gasteiger partial charge < -0.3 is 15.1 Å². The fourth-order valence-electron chi connectivity index (χ4n) is 2.67. The SMILES string of the molecule is O=C(Nc1cccc(NC(=O)C2CC2)c1)c1cc(=O)c2ccccc2o1. The first-order valence-electron chi connectivity index (χ1n) is 8.35. The van der Waals surface area contributed by atoms with Crippen molar-refractivity contribution in [3.8, 4) is 0 Å². The molecule has 1 heterocycles. The lowest BCUT2D eigenvalue weighted by atomic mass is 10.2. The van der Waals surface area contributed by atoms with Gasteiger partial charge in [0.15, 0.2) is 11.2 Å². The minimum atomic E-state index is -0.529. The fourth-order valence-corrected chi connectivity index (χ4v) is 2.67. The molecule has 1 fully saturated rings. The zero-order valence-corrected chi connectivity index (χ0v) is 13.8. The predicted molar refractivity (Wildman–Crippen MR) is 98.2 cm³/mol. The van der Waals surface area contributed by atoms with Crippen LogP contribution in [0.25, 0.3) is 11.0 Å². The van der Waals surface area contributed by atoms with Crippen molar-refractivity contribution >= 4 is 34.2 Å². The van der Waals surface area contributed by atoms with E-state index in [9.17, 15) is 14.4 Å². The second-order valence-electron chi connectivity index (χ2n) is 6.27. The lowest BCUT2D eigenvalue weighted by molar-refractivity contribution is -0.117. The second kappa shape index (κ2) is 6.48. The number of anilines is 2. The van der Waals surface area contributed by atoms with Gasteiger partial charge in [0, 0.05) is 23.4 Å². The van der Waals surface area contributed by atoms with Crippen molar-refractivity contribution in [3.63, 3.8) is 0 Å². The number of nitrogens with one attached hydrogen (secondary N) is 2. The molecule has 0 bridgehead atoms. The van der Waals surface area contributed by atoms with Crippen molar-refractivity contribution in [1.29, 1.82) is 0 Å². The smallest absolute Gasteiger partial charge is 0.291 e. The van der Waals surface area contributed by atoms with Gasteiger partial charge in [-0.2, -0.15) is 0 Å². The molecule has 0 aliphatic heterocycles. The maximum Gasteiger partial charge on any atom is 0.291 e. The van der Waals surface area contributed by atoms with Gasteiger partial charge in [-0.3, -0.25) is 14.4 Å². The van der Waals surface area contributed by atoms with E-state index in [2.05, 4.69) is 10.6 Å². The Morgan fingerprint density at radius 1 is 0.923 bits per heavy atom. The first-order valence-corrected chi connectivity index (χ1v) is 8.35. The Labute approximate surface area is 148 Å². The molecule has 0 atom stereocenters. The van der Waals surface area contributed by atoms with Crippen LogP contribution in [0, 0.1) is 5.92 Å². The van der Waals surface area contributed by atoms with Gasteiger partial charge in [-0.15, -0.1) is 0 Å². The Balaban J connectivity index is 1.54. The summed E-state index contributed by atoms with van der Waals surface area (Å²) in [7, 11) is 0. The van der Waals surface area contributed by atoms with Crippen LogP contribution in [0.5, 0.6) is 0 Å². The third-order valence-corrected chi connectivity index (χ3v) is 4.19. The lowest BCUT2D eigenvalue weighted by Gasteiger charge is -2.08. The Morgan fingerprint density at radius 2 is 1.65 bits per heavy atom. The number of rotatable bonds is 4. The number of benzene rings is 2. The van der Waals surface area contributed by atoms with Crippen LogP contribution >= 0.6 is 0 Å². The number of para-hydroxylation sites is 1. The van der Waals surface area contributed by atoms with Crippen LogP contribution in [0.3, 0.4) is 0 Å². The molecule has 1 saturated carbocycles. The maximum absolute atomic E-state index is 12.4. The van der Waals surface area contributed by atoms with Crippen LogP contribution in [-0.2, 0) is 4.79 Å². The average molecular weight is 348 g/mol. The summed E-state index contributed by atoms with van der Waals surface area (Å²) in [6.07, 6.45) is 1.84. The Kier molecular flexibility index (Phi) is 4.01. The van der Waals surface area contributed by atoms with E-state index in [1.807, 2.05) is 0 Å². The molecule has 2 N–H and O–H groups in total. The molecule has 130 valence electrons. The Hall–Kier alpha value is -3.41. The molecule has 2 aromatic carbocycles. The first kappa shape index (κ1) is 16.1. The summed E-state index contributed by atoms with van der Waals surface area (Å²) in [6, 6.07) is 14.8. The molecular formula is C20H16N2O4. The summed E-state index contributed by atoms with van der Waals surface area (Å²) in [4.78, 5) is 36.4. The molecule has 1 aromatic heterocycles. The number of hydrogen-bond donors (Lipinski definition) is 2. The Bertz CT molecular complexity index is 1070. The molecule has 0 radical (unpaired) electrons. The fraction of sp³-hybridized carbons (Fsp3) is 0.150. The van der Waals surface area contributed by atoms with Crippen LogP contribution in [-0.4, -0.2) is 11.8 Å². The lowest BCUT2D eigenvalue weighted by Crippen LogP contribution is -2.16. The molecule has 4 rings (SSSR count). The quantitative estimate of drug-likeness (QED) is 0.756. The van der Waals surface area contributed by atoms with Crippen LogP contribution in [0.2, 0.25) is 0 Å². The third kappa shape index (κ3) is 3.35. The van der Waals surface area contributed by atoms with Crippen molar-refractivity contribution in [2.75, 3.05) is 10.6 Å². The molecule has 6 nitrogen and oxygen atoms in total. The highest BCUT2D eigenvalue weighted by Gasteiger charge is 2.29. The molecule has 6 heteroatoms. The van der Waals surface area contributed by atoms with E-state index < -0.39 is 5.91 Å². The van der Waals surface area contributed by atoms with E-state index in [1.165, 1.54) is 6.07 Å². The highest BCUT2D eigenvalue weighted by molar-refractivity contribution is 6.03. The van der Waals surface area contributed by atoms with Gasteiger partial charge in [0.25, 0.3) is 5.91 Å². The van der Waals surface area contributed by atoms with Crippen LogP contribution < -0.4 is 16.1 Å². The van der Waals surface area contributed by atoms with E-state index in [4.69, 9.17) is 4.42 Å². The molecule has 1 aliphatic carbocycles. The van der Waals surface area contributed by atoms with Crippen molar-refractivity contribution in [1.82, 2.24) is 0 Å². The zero-order valence-electron chi connectivity index (χ0n) is 13.8. The van der Waals surface area contributed by atoms with Gasteiger partial charge in [-0.05, 0) is 43.2 Å². The number of carbonyl (C=O) groups excluding carboxylic acids is 2. The summed E-state index contributed by atoms with van der Waals surface area (Å²) < 4.78 is 5.53. The highest BCUT2D eigenvalue weighted by Crippen LogP contribution is 2.30. The van der Waals surface area contributed by atoms with E-state index in [0.29, 0.717) is 22.3 Å². The molecular weight excluding hydrogens is 332 g/mol. The standard InChI is InChI=1S/C20H16N2O4/c23-16-11-18(26-17-7-2-1-6-15(16)17)20(25)22-14-5-3-4-13(10-14)21-19(24)12-8-9-12/h1-7,10-12H,8-9H2,(H,21,24)(H,22,25). The van der Waals surface area contributed by atoms with E-state index >= 15 is 0 Å². The molecule has 0 spiro atoms. The van der Waals surface area contributed by atoms with Crippen LogP contribution in [0.4, 0.5) is 11.4 Å². The highest BCUT2D eigenvalue weighted by atomic mass is 16.3.